The van der Waals surface area contributed by atoms with Gasteiger partial charge in [0.2, 0.25) is 0 Å². The van der Waals surface area contributed by atoms with Gasteiger partial charge in [-0.3, -0.25) is 14.9 Å². The highest BCUT2D eigenvalue weighted by Crippen LogP contribution is 2.11. The number of nitro benzene ring substituents is 1. The van der Waals surface area contributed by atoms with Crippen LogP contribution in [0, 0.1) is 22.5 Å². The van der Waals surface area contributed by atoms with E-state index >= 15 is 0 Å². The molecule has 0 saturated heterocycles. The first kappa shape index (κ1) is 14.7. The van der Waals surface area contributed by atoms with Crippen molar-refractivity contribution in [1.29, 1.82) is 0 Å². The lowest BCUT2D eigenvalue weighted by atomic mass is 10.2. The highest BCUT2D eigenvalue weighted by atomic mass is 16.6. The Morgan fingerprint density at radius 3 is 2.68 bits per heavy atom. The van der Waals surface area contributed by atoms with Crippen molar-refractivity contribution in [1.82, 2.24) is 5.32 Å². The molecule has 1 aromatic rings. The third-order valence-corrected chi connectivity index (χ3v) is 2.28. The predicted molar refractivity (Wildman–Crippen MR) is 69.7 cm³/mol. The number of nitro groups is 1. The van der Waals surface area contributed by atoms with Crippen molar-refractivity contribution in [3.63, 3.8) is 0 Å². The van der Waals surface area contributed by atoms with Crippen LogP contribution < -0.4 is 5.32 Å². The Labute approximate surface area is 110 Å². The topological polar surface area (TPSA) is 81.5 Å². The van der Waals surface area contributed by atoms with E-state index in [4.69, 9.17) is 11.2 Å². The van der Waals surface area contributed by atoms with E-state index in [1.165, 1.54) is 24.3 Å². The second-order valence-corrected chi connectivity index (χ2v) is 3.67. The average Bonchev–Trinajstić information content (AvgIpc) is 2.42. The molecule has 0 unspecified atom stereocenters. The van der Waals surface area contributed by atoms with Gasteiger partial charge in [0.25, 0.3) is 11.6 Å². The Hall–Kier alpha value is -2.39. The molecule has 0 aliphatic heterocycles. The first-order valence-corrected chi connectivity index (χ1v) is 5.69. The van der Waals surface area contributed by atoms with E-state index in [0.29, 0.717) is 25.1 Å². The van der Waals surface area contributed by atoms with Crippen molar-refractivity contribution in [3.8, 4) is 12.3 Å². The zero-order chi connectivity index (χ0) is 14.1. The smallest absolute Gasteiger partial charge is 0.269 e. The van der Waals surface area contributed by atoms with Gasteiger partial charge in [-0.25, -0.2) is 0 Å². The second-order valence-electron chi connectivity index (χ2n) is 3.67. The molecule has 1 rings (SSSR count). The summed E-state index contributed by atoms with van der Waals surface area (Å²) in [5.41, 5.74) is 0.342. The Bertz CT molecular complexity index is 476. The van der Waals surface area contributed by atoms with E-state index in [1.807, 2.05) is 0 Å². The number of hydrogen-bond acceptors (Lipinski definition) is 4. The molecule has 1 N–H and O–H groups in total. The standard InChI is InChI=1S/C13H14N2O4/c1-2-9-19-10-3-8-14-13(16)11-4-6-12(7-5-11)15(17)18/h1,4-7H,3,8-10H2,(H,14,16). The molecular weight excluding hydrogens is 248 g/mol. The van der Waals surface area contributed by atoms with E-state index < -0.39 is 4.92 Å². The number of rotatable bonds is 7. The molecule has 1 amide bonds. The van der Waals surface area contributed by atoms with Gasteiger partial charge < -0.3 is 10.1 Å². The number of carbonyl (C=O) groups is 1. The lowest BCUT2D eigenvalue weighted by Gasteiger charge is -2.05. The number of amides is 1. The van der Waals surface area contributed by atoms with Gasteiger partial charge in [-0.15, -0.1) is 6.42 Å². The van der Waals surface area contributed by atoms with Gasteiger partial charge in [0.05, 0.1) is 4.92 Å². The fourth-order valence-electron chi connectivity index (χ4n) is 1.34. The maximum Gasteiger partial charge on any atom is 0.269 e. The Morgan fingerprint density at radius 1 is 1.42 bits per heavy atom. The van der Waals surface area contributed by atoms with Crippen molar-refractivity contribution in [2.75, 3.05) is 19.8 Å². The Kier molecular flexibility index (Phi) is 6.06. The summed E-state index contributed by atoms with van der Waals surface area (Å²) in [5.74, 6) is 2.07. The van der Waals surface area contributed by atoms with E-state index in [-0.39, 0.29) is 18.2 Å². The van der Waals surface area contributed by atoms with Crippen LogP contribution in [-0.4, -0.2) is 30.6 Å². The van der Waals surface area contributed by atoms with Crippen LogP contribution in [-0.2, 0) is 4.74 Å². The number of nitrogens with zero attached hydrogens (tertiary/aromatic N) is 1. The molecule has 0 bridgehead atoms. The SMILES string of the molecule is C#CCOCCCNC(=O)c1ccc([N+](=O)[O-])cc1. The monoisotopic (exact) mass is 262 g/mol. The fraction of sp³-hybridized carbons (Fsp3) is 0.308. The van der Waals surface area contributed by atoms with Crippen LogP contribution in [0.15, 0.2) is 24.3 Å². The van der Waals surface area contributed by atoms with Crippen LogP contribution in [0.25, 0.3) is 0 Å². The number of non-ortho nitro benzene ring substituents is 1. The summed E-state index contributed by atoms with van der Waals surface area (Å²) in [6.45, 7) is 1.20. The lowest BCUT2D eigenvalue weighted by molar-refractivity contribution is -0.384. The normalized spacial score (nSPS) is 9.63. The summed E-state index contributed by atoms with van der Waals surface area (Å²) in [6.07, 6.45) is 5.66. The summed E-state index contributed by atoms with van der Waals surface area (Å²) in [7, 11) is 0. The Morgan fingerprint density at radius 2 is 2.11 bits per heavy atom. The summed E-state index contributed by atoms with van der Waals surface area (Å²) < 4.78 is 5.05. The molecule has 0 aliphatic carbocycles. The lowest BCUT2D eigenvalue weighted by Crippen LogP contribution is -2.25. The highest BCUT2D eigenvalue weighted by Gasteiger charge is 2.08. The van der Waals surface area contributed by atoms with Gasteiger partial charge in [0.1, 0.15) is 6.61 Å². The van der Waals surface area contributed by atoms with Crippen molar-refractivity contribution in [3.05, 3.63) is 39.9 Å². The molecule has 0 heterocycles. The van der Waals surface area contributed by atoms with Crippen LogP contribution in [0.3, 0.4) is 0 Å². The van der Waals surface area contributed by atoms with Gasteiger partial charge in [0.15, 0.2) is 0 Å². The molecule has 0 fully saturated rings. The molecule has 0 aliphatic rings. The van der Waals surface area contributed by atoms with Crippen LogP contribution in [0.4, 0.5) is 5.69 Å². The molecule has 0 aromatic heterocycles. The van der Waals surface area contributed by atoms with Gasteiger partial charge in [-0.1, -0.05) is 5.92 Å². The number of terminal acetylenes is 1. The quantitative estimate of drug-likeness (QED) is 0.348. The predicted octanol–water partition coefficient (Wildman–Crippen LogP) is 1.36. The minimum absolute atomic E-state index is 0.0424. The number of benzene rings is 1. The number of nitrogens with one attached hydrogen (secondary N) is 1. The molecular formula is C13H14N2O4. The molecule has 6 nitrogen and oxygen atoms in total. The van der Waals surface area contributed by atoms with Crippen LogP contribution in [0.2, 0.25) is 0 Å². The van der Waals surface area contributed by atoms with E-state index in [9.17, 15) is 14.9 Å². The van der Waals surface area contributed by atoms with Crippen molar-refractivity contribution in [2.45, 2.75) is 6.42 Å². The fourth-order valence-corrected chi connectivity index (χ4v) is 1.34. The van der Waals surface area contributed by atoms with E-state index in [1.54, 1.807) is 0 Å². The van der Waals surface area contributed by atoms with Crippen molar-refractivity contribution < 1.29 is 14.5 Å². The largest absolute Gasteiger partial charge is 0.369 e. The Balaban J connectivity index is 2.33. The van der Waals surface area contributed by atoms with E-state index in [2.05, 4.69) is 11.2 Å². The minimum atomic E-state index is -0.509. The number of ether oxygens (including phenoxy) is 1. The molecule has 19 heavy (non-hydrogen) atoms. The number of carbonyl (C=O) groups excluding carboxylic acids is 1. The summed E-state index contributed by atoms with van der Waals surface area (Å²) in [4.78, 5) is 21.6. The zero-order valence-electron chi connectivity index (χ0n) is 10.3. The van der Waals surface area contributed by atoms with Crippen LogP contribution in [0.5, 0.6) is 0 Å². The zero-order valence-corrected chi connectivity index (χ0v) is 10.3. The molecule has 6 heteroatoms. The first-order chi connectivity index (χ1) is 9.15. The minimum Gasteiger partial charge on any atom is -0.369 e. The molecule has 0 saturated carbocycles. The molecule has 0 radical (unpaired) electrons. The van der Waals surface area contributed by atoms with Gasteiger partial charge in [0, 0.05) is 30.8 Å². The molecule has 0 atom stereocenters. The average molecular weight is 262 g/mol. The summed E-state index contributed by atoms with van der Waals surface area (Å²) >= 11 is 0. The number of hydrogen-bond donors (Lipinski definition) is 1. The van der Waals surface area contributed by atoms with Gasteiger partial charge in [-0.05, 0) is 18.6 Å². The van der Waals surface area contributed by atoms with Gasteiger partial charge >= 0.3 is 0 Å². The maximum absolute atomic E-state index is 11.7. The van der Waals surface area contributed by atoms with Gasteiger partial charge in [-0.2, -0.15) is 0 Å². The van der Waals surface area contributed by atoms with E-state index in [0.717, 1.165) is 0 Å². The van der Waals surface area contributed by atoms with Crippen LogP contribution in [0.1, 0.15) is 16.8 Å². The summed E-state index contributed by atoms with van der Waals surface area (Å²) in [6, 6.07) is 5.43. The summed E-state index contributed by atoms with van der Waals surface area (Å²) in [5, 5.41) is 13.1. The maximum atomic E-state index is 11.7. The van der Waals surface area contributed by atoms with Crippen molar-refractivity contribution in [2.24, 2.45) is 0 Å². The third kappa shape index (κ3) is 5.19. The molecule has 0 spiro atoms. The van der Waals surface area contributed by atoms with Crippen LogP contribution >= 0.6 is 0 Å². The second kappa shape index (κ2) is 7.84. The molecule has 100 valence electrons. The highest BCUT2D eigenvalue weighted by molar-refractivity contribution is 5.94. The van der Waals surface area contributed by atoms with Crippen molar-refractivity contribution >= 4 is 11.6 Å². The third-order valence-electron chi connectivity index (χ3n) is 2.28. The molecule has 1 aromatic carbocycles. The first-order valence-electron chi connectivity index (χ1n) is 5.69.